The van der Waals surface area contributed by atoms with Crippen LogP contribution in [0, 0.1) is 11.6 Å². The van der Waals surface area contributed by atoms with E-state index in [1.807, 2.05) is 0 Å². The molecule has 0 aliphatic carbocycles. The number of ketones is 1. The summed E-state index contributed by atoms with van der Waals surface area (Å²) in [6.07, 6.45) is 7.19. The van der Waals surface area contributed by atoms with Crippen molar-refractivity contribution in [3.63, 3.8) is 0 Å². The number of aromatic carboxylic acids is 1. The molecule has 12 N–H and O–H groups in total. The van der Waals surface area contributed by atoms with Gasteiger partial charge in [0.1, 0.15) is 16.2 Å². The first-order valence-corrected chi connectivity index (χ1v) is 34.6. The molecule has 0 aliphatic rings. The van der Waals surface area contributed by atoms with Crippen molar-refractivity contribution in [2.75, 3.05) is 106 Å². The van der Waals surface area contributed by atoms with Crippen LogP contribution in [0.3, 0.4) is 0 Å². The van der Waals surface area contributed by atoms with Gasteiger partial charge in [0.15, 0.2) is 63.3 Å². The number of carbonyl (C=O) groups is 9. The topological polar surface area (TPSA) is 515 Å². The minimum Gasteiger partial charge on any atom is -0.476 e. The van der Waals surface area contributed by atoms with Crippen LogP contribution >= 0.6 is 15.9 Å². The van der Waals surface area contributed by atoms with E-state index in [0.717, 1.165) is 11.6 Å². The number of carboxylic acid groups (broad SMARTS) is 1. The summed E-state index contributed by atoms with van der Waals surface area (Å²) in [5, 5.41) is 19.3. The summed E-state index contributed by atoms with van der Waals surface area (Å²) in [6, 6.07) is 38.1. The highest BCUT2D eigenvalue weighted by molar-refractivity contribution is 9.10. The summed E-state index contributed by atoms with van der Waals surface area (Å²) in [5.41, 5.74) is 35.2. The second kappa shape index (κ2) is 39.5. The Morgan fingerprint density at radius 2 is 0.759 bits per heavy atom. The van der Waals surface area contributed by atoms with Gasteiger partial charge < -0.3 is 72.6 Å². The second-order valence-corrected chi connectivity index (χ2v) is 25.6. The van der Waals surface area contributed by atoms with E-state index < -0.39 is 41.2 Å². The maximum atomic E-state index is 13.5. The average molecular weight is 1640 g/mol. The summed E-state index contributed by atoms with van der Waals surface area (Å²) in [6.45, 7) is -0.352. The van der Waals surface area contributed by atoms with Crippen LogP contribution in [0.4, 0.5) is 37.9 Å². The highest BCUT2D eigenvalue weighted by Crippen LogP contribution is 2.30. The molecule has 0 fully saturated rings. The predicted octanol–water partition coefficient (Wildman–Crippen LogP) is 8.41. The molecule has 6 aromatic heterocycles. The van der Waals surface area contributed by atoms with Crippen molar-refractivity contribution in [2.24, 2.45) is 0 Å². The van der Waals surface area contributed by atoms with Crippen LogP contribution in [-0.4, -0.2) is 215 Å². The van der Waals surface area contributed by atoms with Gasteiger partial charge in [-0.1, -0.05) is 66.7 Å². The lowest BCUT2D eigenvalue weighted by atomic mass is 10.1. The molecule has 0 saturated carbocycles. The van der Waals surface area contributed by atoms with Gasteiger partial charge in [-0.15, -0.1) is 10.2 Å². The third-order valence-electron chi connectivity index (χ3n) is 15.7. The van der Waals surface area contributed by atoms with Crippen molar-refractivity contribution in [1.29, 1.82) is 0 Å². The zero-order chi connectivity index (χ0) is 84.8. The van der Waals surface area contributed by atoms with Crippen LogP contribution in [0.5, 0.6) is 0 Å². The number of carboxylic acids is 1. The van der Waals surface area contributed by atoms with Gasteiger partial charge in [0.25, 0.3) is 35.4 Å². The Hall–Kier alpha value is -15.4. The molecule has 38 heteroatoms. The van der Waals surface area contributed by atoms with E-state index in [1.54, 1.807) is 166 Å². The SMILES string of the molecule is CN(C)C(=O)c1ccc(-c2cnc(N)c(-c3nnc(-c4cccc(F)c4)o3)n2)cc1.CN(C)C(=O)c1ccc(-c2cnc(N)c(C(=O)NCC(=O)c3cccc(F)c3)n2)cc1.CN(C)C(=O)c1ccc(-c2cnc(N)c(C(=O)O)n2)cc1.COC(=O)c1nc(-c2ccc(C(=O)N(C)C)cc2)cnc1N.COC(=O)c1nc(Br)cnc1N. The normalized spacial score (nSPS) is 10.3. The van der Waals surface area contributed by atoms with Gasteiger partial charge in [-0.05, 0) is 94.8 Å². The minimum absolute atomic E-state index is 0.00926. The molecule has 0 spiro atoms. The number of aromatic nitrogens is 12. The zero-order valence-electron chi connectivity index (χ0n) is 63.5. The van der Waals surface area contributed by atoms with Gasteiger partial charge >= 0.3 is 17.9 Å². The van der Waals surface area contributed by atoms with Crippen molar-refractivity contribution in [3.8, 4) is 68.1 Å². The Bertz CT molecular complexity index is 5630. The minimum atomic E-state index is -1.23. The predicted molar refractivity (Wildman–Crippen MR) is 425 cm³/mol. The van der Waals surface area contributed by atoms with Crippen molar-refractivity contribution >= 4 is 98.2 Å². The molecule has 0 saturated heterocycles. The molecule has 0 atom stereocenters. The molecule has 12 aromatic rings. The lowest BCUT2D eigenvalue weighted by Crippen LogP contribution is -2.31. The van der Waals surface area contributed by atoms with Gasteiger partial charge in [0, 0.05) is 112 Å². The van der Waals surface area contributed by atoms with E-state index in [2.05, 4.69) is 90.8 Å². The number of carbonyl (C=O) groups excluding carboxylic acids is 8. The largest absolute Gasteiger partial charge is 0.476 e. The highest BCUT2D eigenvalue weighted by Gasteiger charge is 2.23. The number of nitrogens with one attached hydrogen (secondary N) is 1. The van der Waals surface area contributed by atoms with Gasteiger partial charge in [-0.25, -0.2) is 73.0 Å². The van der Waals surface area contributed by atoms with Crippen molar-refractivity contribution in [2.45, 2.75) is 0 Å². The number of Topliss-reactive ketones (excluding diaryl/α,β-unsaturated/α-hetero) is 1. The first-order chi connectivity index (χ1) is 55.2. The zero-order valence-corrected chi connectivity index (χ0v) is 65.1. The number of nitrogens with zero attached hydrogens (tertiary/aromatic N) is 16. The number of esters is 2. The Morgan fingerprint density at radius 1 is 0.414 bits per heavy atom. The number of benzene rings is 6. The maximum Gasteiger partial charge on any atom is 0.360 e. The first kappa shape index (κ1) is 86.2. The smallest absolute Gasteiger partial charge is 0.360 e. The van der Waals surface area contributed by atoms with Crippen LogP contribution in [0.1, 0.15) is 93.7 Å². The molecule has 6 aromatic carbocycles. The maximum absolute atomic E-state index is 13.5. The molecular formula is C78H73BrF2N22O13. The summed E-state index contributed by atoms with van der Waals surface area (Å²) in [7, 11) is 15.9. The first-order valence-electron chi connectivity index (χ1n) is 33.8. The number of anilines is 5. The Labute approximate surface area is 668 Å². The number of halogens is 3. The highest BCUT2D eigenvalue weighted by atomic mass is 79.9. The number of nitrogen functional groups attached to an aromatic ring is 5. The molecule has 0 bridgehead atoms. The molecule has 5 amide bonds. The number of amides is 5. The standard InChI is InChI=1S/C22H20FN5O3.C21H17FN6O2.C15H16N4O3.C14H14N4O3.C6H6BrN3O2/c1-28(2)22(31)14-8-6-13(7-9-14)17-11-25-20(24)19(27-17)21(30)26-12-18(29)15-4-3-5-16(23)10-15;1-28(2)21(29)13-8-6-12(7-9-13)16-11-24-18(23)17(25-16)20-27-26-19(30-20)14-4-3-5-15(22)10-14;1-19(2)14(20)10-6-4-9(5-7-10)11-8-17-13(16)12(18-11)15(21)22-3;1-18(2)13(19)9-5-3-8(4-6-9)10-7-16-12(15)11(17-10)14(20)21;1-12-6(11)4-5(8)9-2-3(7)10-4/h3-11H,12H2,1-2H3,(H2,24,25)(H,26,30);3-11H,1-2H3,(H2,23,24);4-8H,1-3H3,(H2,16,17);3-7H,1-2H3,(H2,15,16)(H,20,21);2H,1H3,(H2,8,9). The molecule has 0 radical (unpaired) electrons. The second-order valence-electron chi connectivity index (χ2n) is 24.8. The Morgan fingerprint density at radius 3 is 1.16 bits per heavy atom. The number of nitrogens with two attached hydrogens (primary N) is 5. The van der Waals surface area contributed by atoms with Crippen LogP contribution in [0.25, 0.3) is 68.1 Å². The third-order valence-corrected chi connectivity index (χ3v) is 16.1. The Balaban J connectivity index is 0.000000186. The fourth-order valence-electron chi connectivity index (χ4n) is 9.73. The van der Waals surface area contributed by atoms with Crippen LogP contribution in [0.15, 0.2) is 186 Å². The van der Waals surface area contributed by atoms with Crippen molar-refractivity contribution < 1.29 is 70.9 Å². The van der Waals surface area contributed by atoms with E-state index in [0.29, 0.717) is 71.9 Å². The molecule has 12 rings (SSSR count). The Kier molecular flexibility index (Phi) is 29.4. The summed E-state index contributed by atoms with van der Waals surface area (Å²) in [4.78, 5) is 152. The molecule has 35 nitrogen and oxygen atoms in total. The number of hydrogen-bond acceptors (Lipinski definition) is 29. The van der Waals surface area contributed by atoms with Crippen molar-refractivity contribution in [3.05, 3.63) is 243 Å². The molecule has 116 heavy (non-hydrogen) atoms. The van der Waals surface area contributed by atoms with Gasteiger partial charge in [-0.2, -0.15) is 0 Å². The van der Waals surface area contributed by atoms with E-state index in [4.69, 9.17) is 38.2 Å². The van der Waals surface area contributed by atoms with E-state index >= 15 is 0 Å². The molecule has 594 valence electrons. The van der Waals surface area contributed by atoms with Gasteiger partial charge in [0.05, 0.1) is 74.5 Å². The molecule has 0 aliphatic heterocycles. The number of ether oxygens (including phenoxy) is 2. The summed E-state index contributed by atoms with van der Waals surface area (Å²) in [5.74, 6) is -4.86. The van der Waals surface area contributed by atoms with E-state index in [-0.39, 0.29) is 105 Å². The quantitative estimate of drug-likeness (QED) is 0.0332. The molecule has 0 unspecified atom stereocenters. The average Bonchev–Trinajstić information content (AvgIpc) is 1.52. The molecular weight excluding hydrogens is 1570 g/mol. The fraction of sp³-hybridized carbons (Fsp3) is 0.141. The number of hydrogen-bond donors (Lipinski definition) is 7. The van der Waals surface area contributed by atoms with Crippen LogP contribution in [0.2, 0.25) is 0 Å². The lowest BCUT2D eigenvalue weighted by Gasteiger charge is -2.11. The van der Waals surface area contributed by atoms with E-state index in [9.17, 15) is 51.9 Å². The third kappa shape index (κ3) is 22.7. The molecule has 6 heterocycles. The van der Waals surface area contributed by atoms with Gasteiger partial charge in [-0.3, -0.25) is 28.8 Å². The van der Waals surface area contributed by atoms with Crippen LogP contribution in [-0.2, 0) is 9.47 Å². The fourth-order valence-corrected chi connectivity index (χ4v) is 10.0. The monoisotopic (exact) mass is 1640 g/mol. The van der Waals surface area contributed by atoms with Gasteiger partial charge in [0.2, 0.25) is 5.89 Å². The van der Waals surface area contributed by atoms with Crippen molar-refractivity contribution in [1.82, 2.24) is 85.0 Å². The van der Waals surface area contributed by atoms with Crippen LogP contribution < -0.4 is 34.0 Å². The van der Waals surface area contributed by atoms with E-state index in [1.165, 1.54) is 95.1 Å². The summed E-state index contributed by atoms with van der Waals surface area (Å²) < 4.78 is 41.8. The number of methoxy groups -OCH3 is 2. The summed E-state index contributed by atoms with van der Waals surface area (Å²) >= 11 is 3.06. The number of rotatable bonds is 17. The lowest BCUT2D eigenvalue weighted by molar-refractivity contribution is 0.0586.